The summed E-state index contributed by atoms with van der Waals surface area (Å²) in [6.07, 6.45) is 5.71. The first-order chi connectivity index (χ1) is 9.72. The van der Waals surface area contributed by atoms with Crippen molar-refractivity contribution in [1.82, 2.24) is 14.9 Å². The minimum absolute atomic E-state index is 0.535. The third-order valence-corrected chi connectivity index (χ3v) is 5.70. The molecule has 1 unspecified atom stereocenters. The van der Waals surface area contributed by atoms with Crippen LogP contribution in [0.25, 0.3) is 10.2 Å². The third kappa shape index (κ3) is 2.09. The number of hydrogen-bond donors (Lipinski definition) is 1. The van der Waals surface area contributed by atoms with Gasteiger partial charge in [0.05, 0.1) is 5.39 Å². The van der Waals surface area contributed by atoms with E-state index in [0.717, 1.165) is 16.7 Å². The SMILES string of the molecule is Cc1sc2ncnc(NC3CCN(C4CC4)C3)c2c1C. The molecule has 1 aliphatic heterocycles. The van der Waals surface area contributed by atoms with Crippen molar-refractivity contribution in [2.24, 2.45) is 0 Å². The van der Waals surface area contributed by atoms with Gasteiger partial charge >= 0.3 is 0 Å². The van der Waals surface area contributed by atoms with E-state index < -0.39 is 0 Å². The molecule has 1 aliphatic carbocycles. The van der Waals surface area contributed by atoms with Gasteiger partial charge in [-0.3, -0.25) is 4.90 Å². The molecule has 0 amide bonds. The molecular weight excluding hydrogens is 268 g/mol. The van der Waals surface area contributed by atoms with Crippen LogP contribution in [0, 0.1) is 13.8 Å². The molecule has 4 rings (SSSR count). The van der Waals surface area contributed by atoms with Crippen molar-refractivity contribution in [1.29, 1.82) is 0 Å². The summed E-state index contributed by atoms with van der Waals surface area (Å²) in [4.78, 5) is 14.0. The van der Waals surface area contributed by atoms with Gasteiger partial charge < -0.3 is 5.32 Å². The van der Waals surface area contributed by atoms with Crippen molar-refractivity contribution in [3.05, 3.63) is 16.8 Å². The highest BCUT2D eigenvalue weighted by Crippen LogP contribution is 2.34. The number of nitrogens with one attached hydrogen (secondary N) is 1. The summed E-state index contributed by atoms with van der Waals surface area (Å²) in [5.74, 6) is 1.03. The summed E-state index contributed by atoms with van der Waals surface area (Å²) in [5.41, 5.74) is 1.32. The third-order valence-electron chi connectivity index (χ3n) is 4.59. The van der Waals surface area contributed by atoms with Crippen LogP contribution in [0.15, 0.2) is 6.33 Å². The zero-order chi connectivity index (χ0) is 13.7. The molecule has 2 aliphatic rings. The van der Waals surface area contributed by atoms with E-state index in [4.69, 9.17) is 0 Å². The lowest BCUT2D eigenvalue weighted by Gasteiger charge is -2.16. The van der Waals surface area contributed by atoms with Crippen molar-refractivity contribution in [2.75, 3.05) is 18.4 Å². The Labute approximate surface area is 123 Å². The van der Waals surface area contributed by atoms with Crippen LogP contribution in [0.4, 0.5) is 5.82 Å². The smallest absolute Gasteiger partial charge is 0.138 e. The van der Waals surface area contributed by atoms with Gasteiger partial charge in [-0.2, -0.15) is 0 Å². The van der Waals surface area contributed by atoms with Crippen LogP contribution in [-0.2, 0) is 0 Å². The van der Waals surface area contributed by atoms with Gasteiger partial charge in [-0.05, 0) is 38.7 Å². The summed E-state index contributed by atoms with van der Waals surface area (Å²) in [5, 5.41) is 4.89. The molecule has 1 N–H and O–H groups in total. The van der Waals surface area contributed by atoms with E-state index in [9.17, 15) is 0 Å². The van der Waals surface area contributed by atoms with E-state index in [1.807, 2.05) is 0 Å². The van der Waals surface area contributed by atoms with Crippen LogP contribution in [0.1, 0.15) is 29.7 Å². The summed E-state index contributed by atoms with van der Waals surface area (Å²) >= 11 is 1.76. The zero-order valence-corrected chi connectivity index (χ0v) is 12.8. The quantitative estimate of drug-likeness (QED) is 0.943. The van der Waals surface area contributed by atoms with Crippen LogP contribution < -0.4 is 5.32 Å². The largest absolute Gasteiger partial charge is 0.365 e. The topological polar surface area (TPSA) is 41.1 Å². The molecule has 2 fully saturated rings. The second-order valence-electron chi connectivity index (χ2n) is 6.04. The molecule has 0 radical (unpaired) electrons. The van der Waals surface area contributed by atoms with Crippen molar-refractivity contribution >= 4 is 27.4 Å². The predicted molar refractivity (Wildman–Crippen MR) is 83.5 cm³/mol. The molecule has 1 atom stereocenters. The van der Waals surface area contributed by atoms with E-state index >= 15 is 0 Å². The lowest BCUT2D eigenvalue weighted by atomic mass is 10.2. The fourth-order valence-electron chi connectivity index (χ4n) is 3.16. The van der Waals surface area contributed by atoms with Crippen molar-refractivity contribution in [2.45, 2.75) is 45.2 Å². The molecule has 0 bridgehead atoms. The molecule has 2 aromatic heterocycles. The Kier molecular flexibility index (Phi) is 2.93. The van der Waals surface area contributed by atoms with Gasteiger partial charge in [-0.1, -0.05) is 0 Å². The van der Waals surface area contributed by atoms with Gasteiger partial charge in [0.2, 0.25) is 0 Å². The number of likely N-dealkylation sites (tertiary alicyclic amines) is 1. The van der Waals surface area contributed by atoms with Crippen LogP contribution >= 0.6 is 11.3 Å². The molecular formula is C15H20N4S. The molecule has 4 nitrogen and oxygen atoms in total. The monoisotopic (exact) mass is 288 g/mol. The maximum absolute atomic E-state index is 4.50. The first-order valence-corrected chi connectivity index (χ1v) is 8.25. The van der Waals surface area contributed by atoms with Crippen molar-refractivity contribution in [3.63, 3.8) is 0 Å². The van der Waals surface area contributed by atoms with Crippen LogP contribution in [0.5, 0.6) is 0 Å². The summed E-state index contributed by atoms with van der Waals surface area (Å²) in [7, 11) is 0. The number of fused-ring (bicyclic) bond motifs is 1. The summed E-state index contributed by atoms with van der Waals surface area (Å²) in [6, 6.07) is 1.41. The summed E-state index contributed by atoms with van der Waals surface area (Å²) < 4.78 is 0. The van der Waals surface area contributed by atoms with Gasteiger partial charge in [0.15, 0.2) is 0 Å². The predicted octanol–water partition coefficient (Wildman–Crippen LogP) is 2.96. The number of anilines is 1. The van der Waals surface area contributed by atoms with E-state index in [0.29, 0.717) is 6.04 Å². The van der Waals surface area contributed by atoms with Gasteiger partial charge in [-0.25, -0.2) is 9.97 Å². The number of aryl methyl sites for hydroxylation is 2. The Hall–Kier alpha value is -1.20. The Morgan fingerprint density at radius 3 is 2.90 bits per heavy atom. The standard InChI is InChI=1S/C15H20N4S/c1-9-10(2)20-15-13(9)14(16-8-17-15)18-11-5-6-19(7-11)12-3-4-12/h8,11-12H,3-7H2,1-2H3,(H,16,17,18). The molecule has 106 valence electrons. The van der Waals surface area contributed by atoms with E-state index in [-0.39, 0.29) is 0 Å². The minimum Gasteiger partial charge on any atom is -0.365 e. The number of rotatable bonds is 3. The van der Waals surface area contributed by atoms with E-state index in [1.54, 1.807) is 17.7 Å². The van der Waals surface area contributed by atoms with Crippen molar-refractivity contribution < 1.29 is 0 Å². The number of nitrogens with zero attached hydrogens (tertiary/aromatic N) is 3. The van der Waals surface area contributed by atoms with Gasteiger partial charge in [-0.15, -0.1) is 11.3 Å². The molecule has 5 heteroatoms. The molecule has 20 heavy (non-hydrogen) atoms. The molecule has 3 heterocycles. The van der Waals surface area contributed by atoms with Crippen LogP contribution in [0.3, 0.4) is 0 Å². The number of thiophene rings is 1. The first-order valence-electron chi connectivity index (χ1n) is 7.43. The maximum atomic E-state index is 4.50. The second-order valence-corrected chi connectivity index (χ2v) is 7.24. The number of hydrogen-bond acceptors (Lipinski definition) is 5. The van der Waals surface area contributed by atoms with E-state index in [1.165, 1.54) is 48.2 Å². The van der Waals surface area contributed by atoms with Crippen LogP contribution in [0.2, 0.25) is 0 Å². The first kappa shape index (κ1) is 12.5. The molecule has 0 aromatic carbocycles. The van der Waals surface area contributed by atoms with E-state index in [2.05, 4.69) is 34.0 Å². The minimum atomic E-state index is 0.535. The molecule has 1 saturated heterocycles. The van der Waals surface area contributed by atoms with Crippen LogP contribution in [-0.4, -0.2) is 40.0 Å². The Bertz CT molecular complexity index is 647. The molecule has 2 aromatic rings. The lowest BCUT2D eigenvalue weighted by molar-refractivity contribution is 0.326. The Balaban J connectivity index is 1.59. The highest BCUT2D eigenvalue weighted by molar-refractivity contribution is 7.18. The maximum Gasteiger partial charge on any atom is 0.138 e. The summed E-state index contributed by atoms with van der Waals surface area (Å²) in [6.45, 7) is 6.74. The zero-order valence-electron chi connectivity index (χ0n) is 12.0. The fraction of sp³-hybridized carbons (Fsp3) is 0.600. The average molecular weight is 288 g/mol. The normalized spacial score (nSPS) is 23.6. The van der Waals surface area contributed by atoms with Gasteiger partial charge in [0.25, 0.3) is 0 Å². The highest BCUT2D eigenvalue weighted by atomic mass is 32.1. The Morgan fingerprint density at radius 2 is 2.10 bits per heavy atom. The number of aromatic nitrogens is 2. The Morgan fingerprint density at radius 1 is 1.25 bits per heavy atom. The van der Waals surface area contributed by atoms with Crippen molar-refractivity contribution in [3.8, 4) is 0 Å². The van der Waals surface area contributed by atoms with Gasteiger partial charge in [0, 0.05) is 30.1 Å². The molecule has 0 spiro atoms. The highest BCUT2D eigenvalue weighted by Gasteiger charge is 2.34. The fourth-order valence-corrected chi connectivity index (χ4v) is 4.16. The molecule has 1 saturated carbocycles. The lowest BCUT2D eigenvalue weighted by Crippen LogP contribution is -2.28. The van der Waals surface area contributed by atoms with Gasteiger partial charge in [0.1, 0.15) is 17.0 Å². The second kappa shape index (κ2) is 4.67. The average Bonchev–Trinajstić information content (AvgIpc) is 3.12.